The molecule has 3 nitrogen and oxygen atoms in total. The molecule has 23 heavy (non-hydrogen) atoms. The Bertz CT molecular complexity index is 879. The molecule has 3 heteroatoms. The Hall–Kier alpha value is -2.31. The standard InChI is InChI=1S/C20H17N3/c1-17(2)14-7-18(9-21,10-22)8-19(14)16-15(17)12-5-3-4-6-13(12)20(16,19)11-23/h3-6,14-16H,7-8H2,1-2H3/t14-,15+,16-,19?,20+/m0/s1. The van der Waals surface area contributed by atoms with E-state index in [0.717, 1.165) is 0 Å². The van der Waals surface area contributed by atoms with Gasteiger partial charge in [0, 0.05) is 5.41 Å². The summed E-state index contributed by atoms with van der Waals surface area (Å²) in [6, 6.07) is 15.7. The lowest BCUT2D eigenvalue weighted by Gasteiger charge is -2.36. The second-order valence-corrected chi connectivity index (χ2v) is 8.56. The van der Waals surface area contributed by atoms with Gasteiger partial charge in [0.05, 0.1) is 23.6 Å². The maximum absolute atomic E-state index is 10.1. The maximum Gasteiger partial charge on any atom is 0.144 e. The predicted molar refractivity (Wildman–Crippen MR) is 82.6 cm³/mol. The van der Waals surface area contributed by atoms with E-state index in [2.05, 4.69) is 50.3 Å². The zero-order valence-corrected chi connectivity index (χ0v) is 13.3. The van der Waals surface area contributed by atoms with Crippen molar-refractivity contribution in [2.75, 3.05) is 0 Å². The molecule has 5 rings (SSSR count). The Morgan fingerprint density at radius 2 is 1.74 bits per heavy atom. The highest BCUT2D eigenvalue weighted by molar-refractivity contribution is 5.66. The van der Waals surface area contributed by atoms with Gasteiger partial charge in [-0.15, -0.1) is 0 Å². The third kappa shape index (κ3) is 0.970. The van der Waals surface area contributed by atoms with Crippen molar-refractivity contribution in [3.05, 3.63) is 35.4 Å². The van der Waals surface area contributed by atoms with E-state index in [0.29, 0.717) is 24.7 Å². The summed E-state index contributed by atoms with van der Waals surface area (Å²) < 4.78 is 0. The van der Waals surface area contributed by atoms with Crippen LogP contribution in [0.25, 0.3) is 0 Å². The molecule has 4 aliphatic rings. The van der Waals surface area contributed by atoms with Crippen molar-refractivity contribution in [3.8, 4) is 18.2 Å². The molecule has 112 valence electrons. The minimum atomic E-state index is -0.907. The molecule has 1 spiro atoms. The first-order valence-electron chi connectivity index (χ1n) is 8.28. The van der Waals surface area contributed by atoms with E-state index in [1.807, 2.05) is 6.07 Å². The molecule has 0 saturated heterocycles. The van der Waals surface area contributed by atoms with Crippen LogP contribution in [0, 0.1) is 62.1 Å². The van der Waals surface area contributed by atoms with E-state index in [-0.39, 0.29) is 16.7 Å². The topological polar surface area (TPSA) is 71.4 Å². The number of hydrogen-bond donors (Lipinski definition) is 0. The van der Waals surface area contributed by atoms with Crippen LogP contribution in [-0.2, 0) is 5.41 Å². The molecule has 0 bridgehead atoms. The van der Waals surface area contributed by atoms with Crippen molar-refractivity contribution in [2.45, 2.75) is 38.0 Å². The summed E-state index contributed by atoms with van der Waals surface area (Å²) in [5.41, 5.74) is 1.03. The van der Waals surface area contributed by atoms with Crippen molar-refractivity contribution < 1.29 is 0 Å². The highest BCUT2D eigenvalue weighted by atomic mass is 14.9. The van der Waals surface area contributed by atoms with Gasteiger partial charge in [-0.25, -0.2) is 0 Å². The van der Waals surface area contributed by atoms with Gasteiger partial charge in [-0.1, -0.05) is 38.1 Å². The minimum Gasteiger partial charge on any atom is -0.197 e. The molecule has 1 aromatic rings. The van der Waals surface area contributed by atoms with Crippen LogP contribution in [0.2, 0.25) is 0 Å². The molecule has 1 unspecified atom stereocenters. The maximum atomic E-state index is 10.1. The van der Waals surface area contributed by atoms with Gasteiger partial charge < -0.3 is 0 Å². The summed E-state index contributed by atoms with van der Waals surface area (Å²) in [7, 11) is 0. The summed E-state index contributed by atoms with van der Waals surface area (Å²) in [6.07, 6.45) is 1.20. The van der Waals surface area contributed by atoms with Gasteiger partial charge in [0.15, 0.2) is 0 Å². The van der Waals surface area contributed by atoms with Gasteiger partial charge in [-0.2, -0.15) is 15.8 Å². The van der Waals surface area contributed by atoms with Crippen LogP contribution in [-0.4, -0.2) is 0 Å². The average molecular weight is 299 g/mol. The van der Waals surface area contributed by atoms with Crippen molar-refractivity contribution in [1.29, 1.82) is 15.8 Å². The number of rotatable bonds is 0. The second-order valence-electron chi connectivity index (χ2n) is 8.56. The summed E-state index contributed by atoms with van der Waals surface area (Å²) >= 11 is 0. The van der Waals surface area contributed by atoms with Crippen LogP contribution in [0.3, 0.4) is 0 Å². The van der Waals surface area contributed by atoms with Gasteiger partial charge in [0.2, 0.25) is 0 Å². The largest absolute Gasteiger partial charge is 0.197 e. The van der Waals surface area contributed by atoms with Crippen LogP contribution < -0.4 is 0 Å². The molecule has 0 amide bonds. The normalized spacial score (nSPS) is 45.1. The first-order chi connectivity index (χ1) is 10.9. The van der Waals surface area contributed by atoms with Crippen molar-refractivity contribution in [2.24, 2.45) is 28.1 Å². The molecule has 4 aliphatic carbocycles. The second kappa shape index (κ2) is 3.29. The van der Waals surface area contributed by atoms with Crippen molar-refractivity contribution >= 4 is 0 Å². The zero-order chi connectivity index (χ0) is 16.3. The highest BCUT2D eigenvalue weighted by Gasteiger charge is 2.94. The summed E-state index contributed by atoms with van der Waals surface area (Å²) in [4.78, 5) is 0. The smallest absolute Gasteiger partial charge is 0.144 e. The summed E-state index contributed by atoms with van der Waals surface area (Å²) in [6.45, 7) is 4.57. The Labute approximate surface area is 136 Å². The number of nitrogens with zero attached hydrogens (tertiary/aromatic N) is 3. The van der Waals surface area contributed by atoms with E-state index < -0.39 is 10.8 Å². The molecule has 1 aromatic carbocycles. The number of hydrogen-bond acceptors (Lipinski definition) is 3. The number of fused-ring (bicyclic) bond motifs is 3. The van der Waals surface area contributed by atoms with Crippen LogP contribution in [0.15, 0.2) is 24.3 Å². The Morgan fingerprint density at radius 3 is 2.39 bits per heavy atom. The van der Waals surface area contributed by atoms with E-state index >= 15 is 0 Å². The SMILES string of the molecule is CC1(C)[C@@H]2c3ccccc3[C@]3(C#N)[C@@H]2C32CC(C#N)(C#N)C[C@@H]12. The Morgan fingerprint density at radius 1 is 1.04 bits per heavy atom. The minimum absolute atomic E-state index is 0.0348. The highest BCUT2D eigenvalue weighted by Crippen LogP contribution is 2.95. The molecule has 0 heterocycles. The molecular weight excluding hydrogens is 282 g/mol. The third-order valence-electron chi connectivity index (χ3n) is 7.80. The average Bonchev–Trinajstić information content (AvgIpc) is 2.83. The quantitative estimate of drug-likeness (QED) is 0.734. The number of benzene rings is 1. The molecule has 0 aromatic heterocycles. The third-order valence-corrected chi connectivity index (χ3v) is 7.80. The van der Waals surface area contributed by atoms with Gasteiger partial charge in [-0.3, -0.25) is 0 Å². The fourth-order valence-electron chi connectivity index (χ4n) is 7.23. The zero-order valence-electron chi connectivity index (χ0n) is 13.3. The summed E-state index contributed by atoms with van der Waals surface area (Å²) in [5, 5.41) is 29.4. The first-order valence-corrected chi connectivity index (χ1v) is 8.28. The lowest BCUT2D eigenvalue weighted by molar-refractivity contribution is 0.161. The van der Waals surface area contributed by atoms with Crippen LogP contribution in [0.5, 0.6) is 0 Å². The monoisotopic (exact) mass is 299 g/mol. The molecule has 0 aliphatic heterocycles. The van der Waals surface area contributed by atoms with E-state index in [1.54, 1.807) is 0 Å². The van der Waals surface area contributed by atoms with Crippen LogP contribution in [0.4, 0.5) is 0 Å². The predicted octanol–water partition coefficient (Wildman–Crippen LogP) is 3.64. The van der Waals surface area contributed by atoms with Gasteiger partial charge in [0.1, 0.15) is 5.41 Å². The molecule has 3 saturated carbocycles. The summed E-state index contributed by atoms with van der Waals surface area (Å²) in [5.74, 6) is 0.955. The fraction of sp³-hybridized carbons (Fsp3) is 0.550. The first kappa shape index (κ1) is 13.2. The number of nitriles is 3. The van der Waals surface area contributed by atoms with Crippen molar-refractivity contribution in [3.63, 3.8) is 0 Å². The van der Waals surface area contributed by atoms with Crippen LogP contribution in [0.1, 0.15) is 43.7 Å². The fourth-order valence-corrected chi connectivity index (χ4v) is 7.23. The van der Waals surface area contributed by atoms with Gasteiger partial charge >= 0.3 is 0 Å². The van der Waals surface area contributed by atoms with Gasteiger partial charge in [0.25, 0.3) is 0 Å². The molecule has 0 radical (unpaired) electrons. The molecular formula is C20H17N3. The van der Waals surface area contributed by atoms with E-state index in [1.165, 1.54) is 11.1 Å². The van der Waals surface area contributed by atoms with Crippen LogP contribution >= 0.6 is 0 Å². The van der Waals surface area contributed by atoms with Gasteiger partial charge in [-0.05, 0) is 47.1 Å². The lowest BCUT2D eigenvalue weighted by atomic mass is 9.67. The molecule has 0 N–H and O–H groups in total. The Kier molecular flexibility index (Phi) is 1.88. The van der Waals surface area contributed by atoms with E-state index in [4.69, 9.17) is 0 Å². The lowest BCUT2D eigenvalue weighted by Crippen LogP contribution is -2.31. The Balaban J connectivity index is 1.81. The molecule has 5 atom stereocenters. The van der Waals surface area contributed by atoms with E-state index in [9.17, 15) is 15.8 Å². The van der Waals surface area contributed by atoms with Crippen molar-refractivity contribution in [1.82, 2.24) is 0 Å². The molecule has 3 fully saturated rings.